The van der Waals surface area contributed by atoms with Gasteiger partial charge in [-0.25, -0.2) is 15.0 Å². The number of ketones is 1. The molecule has 11 N–H and O–H groups in total. The van der Waals surface area contributed by atoms with Crippen LogP contribution in [0.4, 0.5) is 5.95 Å². The second-order valence-corrected chi connectivity index (χ2v) is 14.1. The fraction of sp³-hybridized carbons (Fsp3) is 0.286. The summed E-state index contributed by atoms with van der Waals surface area (Å²) in [5.74, 6) is -0.262. The summed E-state index contributed by atoms with van der Waals surface area (Å²) >= 11 is 0. The molecule has 0 aliphatic carbocycles. The Labute approximate surface area is 374 Å². The van der Waals surface area contributed by atoms with Gasteiger partial charge in [-0.05, 0) is 42.7 Å². The number of Topliss-reactive ketones (excluding diaryl/α,β-unsaturated/α-hetero) is 1. The van der Waals surface area contributed by atoms with Gasteiger partial charge in [-0.2, -0.15) is 0 Å². The first kappa shape index (κ1) is 53.6. The number of aliphatic hydroxyl groups excluding tert-OH is 2. The van der Waals surface area contributed by atoms with Crippen LogP contribution in [0.15, 0.2) is 108 Å². The van der Waals surface area contributed by atoms with Crippen LogP contribution in [-0.4, -0.2) is 124 Å². The van der Waals surface area contributed by atoms with Gasteiger partial charge >= 0.3 is 0 Å². The third-order valence-electron chi connectivity index (χ3n) is 8.19. The molecule has 336 valence electrons. The molecule has 0 bridgehead atoms. The average Bonchev–Trinajstić information content (AvgIpc) is 3.91. The van der Waals surface area contributed by atoms with Crippen molar-refractivity contribution in [2.45, 2.75) is 25.9 Å². The van der Waals surface area contributed by atoms with E-state index in [9.17, 15) is 24.6 Å². The number of carbonyl (C=O) groups is 3. The summed E-state index contributed by atoms with van der Waals surface area (Å²) in [4.78, 5) is 53.7. The van der Waals surface area contributed by atoms with Crippen molar-refractivity contribution in [1.82, 2.24) is 45.5 Å². The number of hydrogen-bond donors (Lipinski definition) is 9. The largest absolute Gasteiger partial charge is 0.394 e. The van der Waals surface area contributed by atoms with Crippen molar-refractivity contribution in [1.29, 1.82) is 0 Å². The highest BCUT2D eigenvalue weighted by molar-refractivity contribution is 6.09. The van der Waals surface area contributed by atoms with E-state index in [1.54, 1.807) is 55.6 Å². The first-order chi connectivity index (χ1) is 28.5. The minimum Gasteiger partial charge on any atom is -0.394 e. The molecule has 0 unspecified atom stereocenters. The van der Waals surface area contributed by atoms with Gasteiger partial charge in [0.15, 0.2) is 5.78 Å². The number of aryl methyl sites for hydroxylation is 1. The van der Waals surface area contributed by atoms with Crippen molar-refractivity contribution in [2.75, 3.05) is 60.9 Å². The highest BCUT2D eigenvalue weighted by Gasteiger charge is 2.20. The number of benzene rings is 2. The number of halogens is 2. The van der Waals surface area contributed by atoms with E-state index in [0.717, 1.165) is 27.9 Å². The SMILES string of the molecule is C/C(=C/N(C)C)C(=O)c1c[nH]c(C(=O)N[C@H](CO)c2ccccc2)c1.CN(C)N=C(N)N.Cc1cnc(NN(C)C)nc1-c1c[nH]c(C(=O)N[C@H](CO)c2ccccc2)c1.Cl.Cl. The van der Waals surface area contributed by atoms with Crippen LogP contribution in [0.2, 0.25) is 0 Å². The van der Waals surface area contributed by atoms with Crippen molar-refractivity contribution < 1.29 is 24.6 Å². The second-order valence-electron chi connectivity index (χ2n) is 14.1. The van der Waals surface area contributed by atoms with Gasteiger partial charge in [-0.15, -0.1) is 29.9 Å². The topological polar surface area (TPSA) is 259 Å². The zero-order chi connectivity index (χ0) is 44.4. The highest BCUT2D eigenvalue weighted by atomic mass is 35.5. The number of nitrogens with two attached hydrogens (primary N) is 2. The van der Waals surface area contributed by atoms with E-state index in [4.69, 9.17) is 11.5 Å². The maximum atomic E-state index is 12.6. The lowest BCUT2D eigenvalue weighted by atomic mass is 10.1. The number of amides is 2. The third kappa shape index (κ3) is 17.3. The molecule has 0 radical (unpaired) electrons. The van der Waals surface area contributed by atoms with Crippen LogP contribution in [0.5, 0.6) is 0 Å². The number of aliphatic hydroxyl groups is 2. The lowest BCUT2D eigenvalue weighted by Gasteiger charge is -2.16. The van der Waals surface area contributed by atoms with E-state index >= 15 is 0 Å². The summed E-state index contributed by atoms with van der Waals surface area (Å²) in [6.45, 7) is 3.24. The molecule has 2 atom stereocenters. The van der Waals surface area contributed by atoms with Gasteiger partial charge in [0.1, 0.15) is 11.4 Å². The number of nitrogens with one attached hydrogen (secondary N) is 5. The number of allylic oxidation sites excluding steroid dienone is 1. The lowest BCUT2D eigenvalue weighted by molar-refractivity contribution is 0.0904. The fourth-order valence-electron chi connectivity index (χ4n) is 5.52. The number of hydrazone groups is 1. The molecule has 5 rings (SSSR count). The maximum Gasteiger partial charge on any atom is 0.268 e. The van der Waals surface area contributed by atoms with Crippen LogP contribution in [0, 0.1) is 6.92 Å². The Morgan fingerprint density at radius 2 is 1.31 bits per heavy atom. The van der Waals surface area contributed by atoms with E-state index < -0.39 is 12.1 Å². The number of aromatic amines is 2. The van der Waals surface area contributed by atoms with E-state index in [2.05, 4.69) is 41.1 Å². The zero-order valence-corrected chi connectivity index (χ0v) is 37.7. The number of nitrogens with zero attached hydrogens (tertiary/aromatic N) is 6. The Kier molecular flexibility index (Phi) is 23.1. The van der Waals surface area contributed by atoms with Crippen molar-refractivity contribution in [3.63, 3.8) is 0 Å². The highest BCUT2D eigenvalue weighted by Crippen LogP contribution is 2.23. The number of hydrazine groups is 1. The molecule has 0 saturated heterocycles. The zero-order valence-electron chi connectivity index (χ0n) is 36.1. The van der Waals surface area contributed by atoms with E-state index in [-0.39, 0.29) is 67.3 Å². The van der Waals surface area contributed by atoms with Gasteiger partial charge in [0.2, 0.25) is 11.9 Å². The van der Waals surface area contributed by atoms with E-state index in [1.165, 1.54) is 17.3 Å². The molecule has 0 fully saturated rings. The number of carbonyl (C=O) groups excluding carboxylic acids is 3. The molecule has 0 aliphatic rings. The van der Waals surface area contributed by atoms with Gasteiger partial charge in [0.25, 0.3) is 11.8 Å². The summed E-state index contributed by atoms with van der Waals surface area (Å²) in [6.07, 6.45) is 6.71. The van der Waals surface area contributed by atoms with Crippen molar-refractivity contribution in [3.8, 4) is 11.3 Å². The minimum absolute atomic E-state index is 0. The molecule has 3 heterocycles. The summed E-state index contributed by atoms with van der Waals surface area (Å²) in [6, 6.07) is 20.9. The number of hydrogen-bond acceptors (Lipinski definition) is 12. The quantitative estimate of drug-likeness (QED) is 0.0238. The molecule has 0 aliphatic heterocycles. The lowest BCUT2D eigenvalue weighted by Crippen LogP contribution is -2.31. The Morgan fingerprint density at radius 1 is 0.806 bits per heavy atom. The average molecular weight is 897 g/mol. The van der Waals surface area contributed by atoms with Gasteiger partial charge in [0.05, 0.1) is 31.0 Å². The molecule has 0 saturated carbocycles. The molecule has 5 aromatic rings. The molecule has 0 spiro atoms. The predicted molar refractivity (Wildman–Crippen MR) is 248 cm³/mol. The number of rotatable bonds is 15. The summed E-state index contributed by atoms with van der Waals surface area (Å²) in [5.41, 5.74) is 18.7. The summed E-state index contributed by atoms with van der Waals surface area (Å²) in [7, 11) is 10.9. The summed E-state index contributed by atoms with van der Waals surface area (Å²) < 4.78 is 0. The Hall–Kier alpha value is -6.44. The Balaban J connectivity index is 0.000000525. The monoisotopic (exact) mass is 895 g/mol. The summed E-state index contributed by atoms with van der Waals surface area (Å²) in [5, 5.41) is 31.7. The first-order valence-corrected chi connectivity index (χ1v) is 18.8. The van der Waals surface area contributed by atoms with Gasteiger partial charge in [-0.1, -0.05) is 60.7 Å². The molecule has 2 amide bonds. The van der Waals surface area contributed by atoms with Gasteiger partial charge in [-0.3, -0.25) is 24.8 Å². The predicted octanol–water partition coefficient (Wildman–Crippen LogP) is 3.84. The molecular weight excluding hydrogens is 837 g/mol. The number of H-pyrrole nitrogens is 2. The fourth-order valence-corrected chi connectivity index (χ4v) is 5.52. The minimum atomic E-state index is -0.508. The maximum absolute atomic E-state index is 12.6. The molecular formula is C42H59Cl2N13O5. The molecule has 2 aromatic carbocycles. The van der Waals surface area contributed by atoms with Crippen LogP contribution in [0.3, 0.4) is 0 Å². The molecule has 18 nitrogen and oxygen atoms in total. The van der Waals surface area contributed by atoms with Gasteiger partial charge in [0, 0.05) is 83.8 Å². The van der Waals surface area contributed by atoms with Crippen molar-refractivity contribution >= 4 is 54.3 Å². The number of aromatic nitrogens is 4. The van der Waals surface area contributed by atoms with Crippen LogP contribution < -0.4 is 27.5 Å². The normalized spacial score (nSPS) is 11.4. The van der Waals surface area contributed by atoms with Crippen molar-refractivity contribution in [3.05, 3.63) is 137 Å². The number of anilines is 1. The smallest absolute Gasteiger partial charge is 0.268 e. The van der Waals surface area contributed by atoms with E-state index in [0.29, 0.717) is 22.8 Å². The molecule has 62 heavy (non-hydrogen) atoms. The van der Waals surface area contributed by atoms with E-state index in [1.807, 2.05) is 95.8 Å². The Morgan fingerprint density at radius 3 is 1.74 bits per heavy atom. The third-order valence-corrected chi connectivity index (χ3v) is 8.19. The first-order valence-electron chi connectivity index (χ1n) is 18.8. The van der Waals surface area contributed by atoms with Gasteiger partial charge < -0.3 is 47.2 Å². The molecule has 20 heteroatoms. The van der Waals surface area contributed by atoms with Crippen LogP contribution in [0.25, 0.3) is 11.3 Å². The van der Waals surface area contributed by atoms with Crippen molar-refractivity contribution in [2.24, 2.45) is 16.6 Å². The standard InChI is InChI=1S/C20H24N6O2.C19H23N3O3.C3H10N4.2ClH/c1-13-10-22-20(25-26(2)3)24-18(13)15-9-16(21-11-15)19(28)23-17(12-27)14-7-5-4-6-8-14;1-13(11-22(2)3)18(24)15-9-16(20-10-15)19(25)21-17(12-23)14-7-5-4-6-8-14;1-7(2)6-3(4)5;;/h4-11,17,21,27H,12H2,1-3H3,(H,23,28)(H,22,24,25);4-11,17,20,23H,12H2,1-3H3,(H,21,25);1-2H3,(H4,4,5,6);2*1H/b;13-11-;;;/t2*17-;;;/m11.../s1. The second kappa shape index (κ2) is 26.7. The van der Waals surface area contributed by atoms with Crippen LogP contribution in [-0.2, 0) is 0 Å². The Bertz CT molecular complexity index is 2190. The number of guanidine groups is 1. The van der Waals surface area contributed by atoms with Crippen LogP contribution >= 0.6 is 24.8 Å². The van der Waals surface area contributed by atoms with Crippen LogP contribution in [0.1, 0.15) is 67.0 Å². The molecule has 3 aromatic heterocycles.